The number of benzene rings is 2. The summed E-state index contributed by atoms with van der Waals surface area (Å²) in [7, 11) is 0. The molecule has 0 aliphatic rings. The summed E-state index contributed by atoms with van der Waals surface area (Å²) in [6, 6.07) is 14.6. The van der Waals surface area contributed by atoms with Gasteiger partial charge in [-0.1, -0.05) is 19.1 Å². The van der Waals surface area contributed by atoms with Crippen molar-refractivity contribution in [3.05, 3.63) is 54.1 Å². The van der Waals surface area contributed by atoms with E-state index in [1.165, 1.54) is 0 Å². The molecular weight excluding hydrogens is 290 g/mol. The number of carbonyl (C=O) groups excluding carboxylic acids is 2. The van der Waals surface area contributed by atoms with E-state index in [1.807, 2.05) is 24.3 Å². The van der Waals surface area contributed by atoms with Gasteiger partial charge in [0, 0.05) is 29.9 Å². The Labute approximate surface area is 135 Å². The van der Waals surface area contributed by atoms with E-state index in [1.54, 1.807) is 31.2 Å². The fourth-order valence-corrected chi connectivity index (χ4v) is 2.12. The highest BCUT2D eigenvalue weighted by molar-refractivity contribution is 5.92. The molecule has 0 radical (unpaired) electrons. The number of rotatable bonds is 6. The van der Waals surface area contributed by atoms with Crippen LogP contribution in [0.4, 0.5) is 17.1 Å². The fourth-order valence-electron chi connectivity index (χ4n) is 2.12. The van der Waals surface area contributed by atoms with E-state index in [4.69, 9.17) is 5.73 Å². The molecule has 5 nitrogen and oxygen atoms in total. The van der Waals surface area contributed by atoms with Gasteiger partial charge in [0.15, 0.2) is 0 Å². The van der Waals surface area contributed by atoms with Gasteiger partial charge in [-0.05, 0) is 48.4 Å². The van der Waals surface area contributed by atoms with Crippen molar-refractivity contribution in [1.29, 1.82) is 0 Å². The Hall–Kier alpha value is -2.82. The van der Waals surface area contributed by atoms with Crippen molar-refractivity contribution >= 4 is 28.9 Å². The van der Waals surface area contributed by atoms with Crippen LogP contribution in [0.3, 0.4) is 0 Å². The molecule has 0 atom stereocenters. The monoisotopic (exact) mass is 311 g/mol. The smallest absolute Gasteiger partial charge is 0.224 e. The van der Waals surface area contributed by atoms with Gasteiger partial charge in [-0.3, -0.25) is 9.59 Å². The first-order valence-electron chi connectivity index (χ1n) is 7.61. The summed E-state index contributed by atoms with van der Waals surface area (Å²) < 4.78 is 0. The van der Waals surface area contributed by atoms with E-state index < -0.39 is 0 Å². The lowest BCUT2D eigenvalue weighted by Gasteiger charge is -2.08. The first-order chi connectivity index (χ1) is 11.1. The Balaban J connectivity index is 1.84. The quantitative estimate of drug-likeness (QED) is 0.716. The lowest BCUT2D eigenvalue weighted by Crippen LogP contribution is -2.13. The molecule has 4 N–H and O–H groups in total. The predicted octanol–water partition coefficient (Wildman–Crippen LogP) is 3.19. The third kappa shape index (κ3) is 5.47. The zero-order chi connectivity index (χ0) is 16.7. The summed E-state index contributed by atoms with van der Waals surface area (Å²) >= 11 is 0. The first kappa shape index (κ1) is 16.5. The summed E-state index contributed by atoms with van der Waals surface area (Å²) in [5, 5.41) is 5.60. The number of nitrogens with one attached hydrogen (secondary N) is 2. The summed E-state index contributed by atoms with van der Waals surface area (Å²) in [4.78, 5) is 23.3. The van der Waals surface area contributed by atoms with Crippen LogP contribution < -0.4 is 16.4 Å². The van der Waals surface area contributed by atoms with Crippen LogP contribution in [0.5, 0.6) is 0 Å². The summed E-state index contributed by atoms with van der Waals surface area (Å²) in [6.45, 7) is 1.80. The number of nitrogen functional groups attached to an aromatic ring is 1. The van der Waals surface area contributed by atoms with Crippen molar-refractivity contribution in [3.63, 3.8) is 0 Å². The highest BCUT2D eigenvalue weighted by Crippen LogP contribution is 2.15. The molecule has 0 saturated carbocycles. The van der Waals surface area contributed by atoms with Crippen molar-refractivity contribution in [3.8, 4) is 0 Å². The zero-order valence-corrected chi connectivity index (χ0v) is 13.1. The van der Waals surface area contributed by atoms with Gasteiger partial charge in [-0.25, -0.2) is 0 Å². The molecule has 0 aromatic heterocycles. The molecule has 0 heterocycles. The number of anilines is 3. The third-order valence-electron chi connectivity index (χ3n) is 3.37. The van der Waals surface area contributed by atoms with Crippen molar-refractivity contribution in [2.75, 3.05) is 16.4 Å². The number of aryl methyl sites for hydroxylation is 1. The average molecular weight is 311 g/mol. The standard InChI is InChI=1S/C18H21N3O2/c1-2-17(22)20-15-7-9-16(10-8-15)21-18(23)11-6-13-4-3-5-14(19)12-13/h3-5,7-10,12H,2,6,11,19H2,1H3,(H,20,22)(H,21,23). The lowest BCUT2D eigenvalue weighted by molar-refractivity contribution is -0.116. The molecule has 2 amide bonds. The maximum absolute atomic E-state index is 12.0. The molecule has 5 heteroatoms. The minimum Gasteiger partial charge on any atom is -0.399 e. The van der Waals surface area contributed by atoms with Gasteiger partial charge in [0.1, 0.15) is 0 Å². The predicted molar refractivity (Wildman–Crippen MR) is 93.2 cm³/mol. The molecule has 0 bridgehead atoms. The number of amides is 2. The Morgan fingerprint density at radius 2 is 1.57 bits per heavy atom. The van der Waals surface area contributed by atoms with Crippen molar-refractivity contribution in [2.45, 2.75) is 26.2 Å². The van der Waals surface area contributed by atoms with Crippen LogP contribution >= 0.6 is 0 Å². The summed E-state index contributed by atoms with van der Waals surface area (Å²) in [5.41, 5.74) is 8.88. The van der Waals surface area contributed by atoms with Gasteiger partial charge in [-0.15, -0.1) is 0 Å². The van der Waals surface area contributed by atoms with Crippen LogP contribution in [0.1, 0.15) is 25.3 Å². The van der Waals surface area contributed by atoms with E-state index in [0.29, 0.717) is 30.6 Å². The van der Waals surface area contributed by atoms with Crippen LogP contribution in [-0.4, -0.2) is 11.8 Å². The average Bonchev–Trinajstić information content (AvgIpc) is 2.55. The Morgan fingerprint density at radius 1 is 0.957 bits per heavy atom. The highest BCUT2D eigenvalue weighted by Gasteiger charge is 2.04. The molecule has 2 aromatic carbocycles. The lowest BCUT2D eigenvalue weighted by atomic mass is 10.1. The third-order valence-corrected chi connectivity index (χ3v) is 3.37. The van der Waals surface area contributed by atoms with Crippen LogP contribution in [-0.2, 0) is 16.0 Å². The van der Waals surface area contributed by atoms with Gasteiger partial charge in [0.25, 0.3) is 0 Å². The molecular formula is C18H21N3O2. The minimum absolute atomic E-state index is 0.0380. The Morgan fingerprint density at radius 3 is 2.13 bits per heavy atom. The van der Waals surface area contributed by atoms with Crippen LogP contribution in [0.2, 0.25) is 0 Å². The van der Waals surface area contributed by atoms with Crippen molar-refractivity contribution < 1.29 is 9.59 Å². The Kier molecular flexibility index (Phi) is 5.74. The van der Waals surface area contributed by atoms with Gasteiger partial charge >= 0.3 is 0 Å². The molecule has 2 aromatic rings. The maximum atomic E-state index is 12.0. The molecule has 23 heavy (non-hydrogen) atoms. The van der Waals surface area contributed by atoms with Crippen molar-refractivity contribution in [2.24, 2.45) is 0 Å². The van der Waals surface area contributed by atoms with Crippen LogP contribution in [0.15, 0.2) is 48.5 Å². The normalized spacial score (nSPS) is 10.1. The summed E-state index contributed by atoms with van der Waals surface area (Å²) in [5.74, 6) is -0.0957. The van der Waals surface area contributed by atoms with Crippen LogP contribution in [0, 0.1) is 0 Å². The van der Waals surface area contributed by atoms with Gasteiger partial charge in [0.2, 0.25) is 11.8 Å². The van der Waals surface area contributed by atoms with E-state index in [0.717, 1.165) is 11.3 Å². The molecule has 0 saturated heterocycles. The van der Waals surface area contributed by atoms with Crippen LogP contribution in [0.25, 0.3) is 0 Å². The number of carbonyl (C=O) groups is 2. The molecule has 2 rings (SSSR count). The molecule has 120 valence electrons. The molecule has 0 aliphatic heterocycles. The second-order valence-corrected chi connectivity index (χ2v) is 5.27. The second kappa shape index (κ2) is 7.98. The zero-order valence-electron chi connectivity index (χ0n) is 13.1. The highest BCUT2D eigenvalue weighted by atomic mass is 16.2. The molecule has 0 unspecified atom stereocenters. The largest absolute Gasteiger partial charge is 0.399 e. The van der Waals surface area contributed by atoms with Gasteiger partial charge in [0.05, 0.1) is 0 Å². The Bertz CT molecular complexity index is 681. The molecule has 0 fully saturated rings. The maximum Gasteiger partial charge on any atom is 0.224 e. The van der Waals surface area contributed by atoms with E-state index in [9.17, 15) is 9.59 Å². The van der Waals surface area contributed by atoms with Crippen molar-refractivity contribution in [1.82, 2.24) is 0 Å². The topological polar surface area (TPSA) is 84.2 Å². The molecule has 0 aliphatic carbocycles. The summed E-state index contributed by atoms with van der Waals surface area (Å²) in [6.07, 6.45) is 1.46. The van der Waals surface area contributed by atoms with E-state index in [2.05, 4.69) is 10.6 Å². The van der Waals surface area contributed by atoms with Gasteiger partial charge in [-0.2, -0.15) is 0 Å². The van der Waals surface area contributed by atoms with Gasteiger partial charge < -0.3 is 16.4 Å². The molecule has 0 spiro atoms. The second-order valence-electron chi connectivity index (χ2n) is 5.27. The van der Waals surface area contributed by atoms with E-state index >= 15 is 0 Å². The fraction of sp³-hybridized carbons (Fsp3) is 0.222. The number of hydrogen-bond donors (Lipinski definition) is 3. The minimum atomic E-state index is -0.0576. The SMILES string of the molecule is CCC(=O)Nc1ccc(NC(=O)CCc2cccc(N)c2)cc1. The number of hydrogen-bond acceptors (Lipinski definition) is 3. The van der Waals surface area contributed by atoms with E-state index in [-0.39, 0.29) is 11.8 Å². The first-order valence-corrected chi connectivity index (χ1v) is 7.61. The number of nitrogens with two attached hydrogens (primary N) is 1.